The van der Waals surface area contributed by atoms with Gasteiger partial charge in [-0.3, -0.25) is 10.1 Å². The Bertz CT molecular complexity index is 1140. The van der Waals surface area contributed by atoms with Crippen molar-refractivity contribution in [2.45, 2.75) is 53.9 Å². The van der Waals surface area contributed by atoms with Gasteiger partial charge in [-0.15, -0.1) is 0 Å². The zero-order valence-electron chi connectivity index (χ0n) is 21.4. The van der Waals surface area contributed by atoms with Crippen LogP contribution in [-0.2, 0) is 14.3 Å². The summed E-state index contributed by atoms with van der Waals surface area (Å²) < 4.78 is 14.3. The number of benzene rings is 1. The molecule has 0 unspecified atom stereocenters. The van der Waals surface area contributed by atoms with Gasteiger partial charge >= 0.3 is 17.8 Å². The summed E-state index contributed by atoms with van der Waals surface area (Å²) in [6.45, 7) is 9.83. The average Bonchev–Trinajstić information content (AvgIpc) is 2.78. The third kappa shape index (κ3) is 9.02. The van der Waals surface area contributed by atoms with Crippen LogP contribution in [0.5, 0.6) is 5.75 Å². The molecule has 0 saturated carbocycles. The van der Waals surface area contributed by atoms with Crippen molar-refractivity contribution in [2.75, 3.05) is 6.79 Å². The normalized spacial score (nSPS) is 16.4. The number of ether oxygens (including phenoxy) is 3. The Morgan fingerprint density at radius 1 is 1.11 bits per heavy atom. The van der Waals surface area contributed by atoms with Crippen LogP contribution in [-0.4, -0.2) is 23.8 Å². The van der Waals surface area contributed by atoms with E-state index < -0.39 is 23.8 Å². The average molecular weight is 496 g/mol. The van der Waals surface area contributed by atoms with Crippen LogP contribution in [0.15, 0.2) is 83.0 Å². The lowest BCUT2D eigenvalue weighted by Gasteiger charge is -2.32. The maximum absolute atomic E-state index is 11.9. The maximum Gasteiger partial charge on any atom is 0.517 e. The molecule has 1 aromatic rings. The number of rotatable bonds is 9. The molecule has 36 heavy (non-hydrogen) atoms. The summed E-state index contributed by atoms with van der Waals surface area (Å²) in [6.07, 6.45) is 13.5. The largest absolute Gasteiger partial charge is 0.517 e. The lowest BCUT2D eigenvalue weighted by Crippen LogP contribution is -2.19. The Labute approximate surface area is 211 Å². The van der Waals surface area contributed by atoms with E-state index in [0.717, 1.165) is 12.0 Å². The van der Waals surface area contributed by atoms with Crippen molar-refractivity contribution in [2.24, 2.45) is 5.41 Å². The van der Waals surface area contributed by atoms with Crippen molar-refractivity contribution in [3.8, 4) is 5.75 Å². The Balaban J connectivity index is 1.82. The van der Waals surface area contributed by atoms with Gasteiger partial charge in [0.05, 0.1) is 4.92 Å². The van der Waals surface area contributed by atoms with E-state index in [2.05, 4.69) is 37.7 Å². The summed E-state index contributed by atoms with van der Waals surface area (Å²) in [4.78, 5) is 33.9. The summed E-state index contributed by atoms with van der Waals surface area (Å²) in [7, 11) is 0. The van der Waals surface area contributed by atoms with Crippen LogP contribution in [0.3, 0.4) is 0 Å². The zero-order chi connectivity index (χ0) is 26.7. The fraction of sp³-hybridized carbons (Fsp3) is 0.357. The van der Waals surface area contributed by atoms with Crippen molar-refractivity contribution >= 4 is 17.8 Å². The van der Waals surface area contributed by atoms with Crippen LogP contribution in [0.2, 0.25) is 0 Å². The first-order valence-electron chi connectivity index (χ1n) is 11.7. The SMILES string of the molecule is CC1=C(/C=C/C(C)=C/C=C/C(C)=C/C(=O)OCOC(=O)Oc2ccccc2[N+](=O)[O-])C(C)(C)CCC1. The molecule has 0 aromatic heterocycles. The minimum absolute atomic E-state index is 0.189. The van der Waals surface area contributed by atoms with Crippen LogP contribution in [0, 0.1) is 15.5 Å². The molecule has 0 atom stereocenters. The van der Waals surface area contributed by atoms with E-state index in [1.54, 1.807) is 13.0 Å². The molecule has 2 rings (SSSR count). The molecule has 0 fully saturated rings. The zero-order valence-corrected chi connectivity index (χ0v) is 21.4. The van der Waals surface area contributed by atoms with Crippen LogP contribution in [0.1, 0.15) is 53.9 Å². The Morgan fingerprint density at radius 3 is 2.53 bits per heavy atom. The molecular weight excluding hydrogens is 462 g/mol. The molecule has 0 aliphatic heterocycles. The van der Waals surface area contributed by atoms with Gasteiger partial charge < -0.3 is 14.2 Å². The van der Waals surface area contributed by atoms with Crippen LogP contribution in [0.25, 0.3) is 0 Å². The van der Waals surface area contributed by atoms with E-state index in [9.17, 15) is 19.7 Å². The number of hydrogen-bond acceptors (Lipinski definition) is 7. The molecule has 8 heteroatoms. The predicted octanol–water partition coefficient (Wildman–Crippen LogP) is 7.14. The second kappa shape index (κ2) is 13.2. The van der Waals surface area contributed by atoms with Crippen LogP contribution >= 0.6 is 0 Å². The Kier molecular flexibility index (Phi) is 10.4. The van der Waals surface area contributed by atoms with Gasteiger partial charge in [-0.2, -0.15) is 0 Å². The Morgan fingerprint density at radius 2 is 1.83 bits per heavy atom. The first kappa shape index (κ1) is 28.3. The third-order valence-electron chi connectivity index (χ3n) is 5.75. The number of carbonyl (C=O) groups is 2. The van der Waals surface area contributed by atoms with Crippen molar-refractivity contribution in [3.63, 3.8) is 0 Å². The molecule has 1 aliphatic carbocycles. The van der Waals surface area contributed by atoms with E-state index in [4.69, 9.17) is 9.47 Å². The second-order valence-electron chi connectivity index (χ2n) is 9.23. The monoisotopic (exact) mass is 495 g/mol. The van der Waals surface area contributed by atoms with Gasteiger partial charge in [-0.05, 0) is 62.7 Å². The van der Waals surface area contributed by atoms with E-state index in [1.165, 1.54) is 54.3 Å². The lowest BCUT2D eigenvalue weighted by atomic mass is 9.72. The van der Waals surface area contributed by atoms with E-state index in [1.807, 2.05) is 19.1 Å². The van der Waals surface area contributed by atoms with Crippen molar-refractivity contribution < 1.29 is 28.7 Å². The van der Waals surface area contributed by atoms with Gasteiger partial charge in [0.1, 0.15) is 0 Å². The highest BCUT2D eigenvalue weighted by Gasteiger charge is 2.26. The molecule has 0 N–H and O–H groups in total. The summed E-state index contributed by atoms with van der Waals surface area (Å²) >= 11 is 0. The highest BCUT2D eigenvalue weighted by molar-refractivity contribution is 5.83. The maximum atomic E-state index is 11.9. The molecule has 0 radical (unpaired) electrons. The third-order valence-corrected chi connectivity index (χ3v) is 5.75. The van der Waals surface area contributed by atoms with Crippen LogP contribution < -0.4 is 4.74 Å². The lowest BCUT2D eigenvalue weighted by molar-refractivity contribution is -0.385. The summed E-state index contributed by atoms with van der Waals surface area (Å²) in [6, 6.07) is 5.35. The standard InChI is InChI=1S/C28H33NO7/c1-20(15-16-23-22(3)12-9-17-28(23,4)5)10-8-11-21(2)18-26(30)34-19-35-27(31)36-25-14-7-6-13-24(25)29(32)33/h6-8,10-11,13-16,18H,9,12,17,19H2,1-5H3/b11-8+,16-15+,20-10+,21-18+. The molecule has 0 spiro atoms. The number of para-hydroxylation sites is 2. The number of nitro benzene ring substituents is 1. The van der Waals surface area contributed by atoms with Gasteiger partial charge in [0.15, 0.2) is 0 Å². The molecular formula is C28H33NO7. The first-order chi connectivity index (χ1) is 17.0. The molecule has 0 bridgehead atoms. The van der Waals surface area contributed by atoms with Crippen molar-refractivity contribution in [1.29, 1.82) is 0 Å². The molecule has 0 amide bonds. The number of nitrogens with zero attached hydrogens (tertiary/aromatic N) is 1. The quantitative estimate of drug-likeness (QED) is 0.0681. The number of carbonyl (C=O) groups excluding carboxylic acids is 2. The van der Waals surface area contributed by atoms with E-state index in [0.29, 0.717) is 5.57 Å². The van der Waals surface area contributed by atoms with Gasteiger partial charge in [-0.25, -0.2) is 9.59 Å². The summed E-state index contributed by atoms with van der Waals surface area (Å²) in [5, 5.41) is 10.9. The van der Waals surface area contributed by atoms with E-state index in [-0.39, 0.29) is 16.9 Å². The summed E-state index contributed by atoms with van der Waals surface area (Å²) in [5.41, 5.74) is 4.37. The smallest absolute Gasteiger partial charge is 0.425 e. The molecule has 1 aliphatic rings. The summed E-state index contributed by atoms with van der Waals surface area (Å²) in [5.74, 6) is -0.981. The Hall–Kier alpha value is -3.94. The molecule has 0 saturated heterocycles. The predicted molar refractivity (Wildman–Crippen MR) is 137 cm³/mol. The minimum Gasteiger partial charge on any atom is -0.425 e. The van der Waals surface area contributed by atoms with Gasteiger partial charge in [0.25, 0.3) is 0 Å². The van der Waals surface area contributed by atoms with Gasteiger partial charge in [-0.1, -0.05) is 67.5 Å². The fourth-order valence-electron chi connectivity index (χ4n) is 3.86. The number of hydrogen-bond donors (Lipinski definition) is 0. The number of esters is 1. The number of allylic oxidation sites excluding steroid dienone is 9. The highest BCUT2D eigenvalue weighted by atomic mass is 16.8. The fourth-order valence-corrected chi connectivity index (χ4v) is 3.86. The highest BCUT2D eigenvalue weighted by Crippen LogP contribution is 2.40. The number of nitro groups is 1. The molecule has 0 heterocycles. The molecule has 1 aromatic carbocycles. The minimum atomic E-state index is -1.23. The molecule has 192 valence electrons. The van der Waals surface area contributed by atoms with Crippen LogP contribution in [0.4, 0.5) is 10.5 Å². The van der Waals surface area contributed by atoms with E-state index >= 15 is 0 Å². The first-order valence-corrected chi connectivity index (χ1v) is 11.7. The van der Waals surface area contributed by atoms with Gasteiger partial charge in [0, 0.05) is 12.1 Å². The molecule has 8 nitrogen and oxygen atoms in total. The topological polar surface area (TPSA) is 105 Å². The van der Waals surface area contributed by atoms with Gasteiger partial charge in [0.2, 0.25) is 12.5 Å². The second-order valence-corrected chi connectivity index (χ2v) is 9.23. The van der Waals surface area contributed by atoms with Crippen molar-refractivity contribution in [1.82, 2.24) is 0 Å². The van der Waals surface area contributed by atoms with Crippen molar-refractivity contribution in [3.05, 3.63) is 93.1 Å².